The van der Waals surface area contributed by atoms with Crippen molar-refractivity contribution in [2.45, 2.75) is 25.1 Å². The Morgan fingerprint density at radius 1 is 1.29 bits per heavy atom. The van der Waals surface area contributed by atoms with Crippen molar-refractivity contribution in [3.8, 4) is 0 Å². The summed E-state index contributed by atoms with van der Waals surface area (Å²) >= 11 is 0. The second-order valence-corrected chi connectivity index (χ2v) is 6.68. The van der Waals surface area contributed by atoms with E-state index in [1.807, 2.05) is 12.1 Å². The highest BCUT2D eigenvalue weighted by atomic mass is 19.4. The van der Waals surface area contributed by atoms with E-state index in [9.17, 15) is 18.0 Å². The van der Waals surface area contributed by atoms with Gasteiger partial charge >= 0.3 is 6.18 Å². The Labute approximate surface area is 158 Å². The first kappa shape index (κ1) is 18.3. The molecule has 0 spiro atoms. The zero-order valence-corrected chi connectivity index (χ0v) is 14.7. The van der Waals surface area contributed by atoms with Crippen molar-refractivity contribution < 1.29 is 22.4 Å². The molecule has 1 saturated heterocycles. The first-order valence-corrected chi connectivity index (χ1v) is 8.79. The molecule has 1 aliphatic rings. The number of aromatic nitrogens is 2. The Morgan fingerprint density at radius 2 is 2.11 bits per heavy atom. The van der Waals surface area contributed by atoms with Crippen LogP contribution in [0, 0.1) is 0 Å². The van der Waals surface area contributed by atoms with Gasteiger partial charge in [-0.05, 0) is 24.6 Å². The summed E-state index contributed by atoms with van der Waals surface area (Å²) in [6.07, 6.45) is -1.58. The molecule has 0 bridgehead atoms. The fourth-order valence-electron chi connectivity index (χ4n) is 3.28. The van der Waals surface area contributed by atoms with E-state index in [0.717, 1.165) is 12.3 Å². The van der Waals surface area contributed by atoms with Crippen LogP contribution in [0.2, 0.25) is 0 Å². The van der Waals surface area contributed by atoms with Gasteiger partial charge in [0.1, 0.15) is 11.9 Å². The van der Waals surface area contributed by atoms with E-state index in [0.29, 0.717) is 42.2 Å². The molecule has 3 aromatic rings. The quantitative estimate of drug-likeness (QED) is 0.741. The normalized spacial score (nSPS) is 17.2. The summed E-state index contributed by atoms with van der Waals surface area (Å²) in [6, 6.07) is 8.17. The van der Waals surface area contributed by atoms with E-state index in [1.165, 1.54) is 6.20 Å². The summed E-state index contributed by atoms with van der Waals surface area (Å²) in [5.41, 5.74) is 0.919. The number of oxazole rings is 1. The highest BCUT2D eigenvalue weighted by molar-refractivity contribution is 5.79. The number of benzene rings is 1. The molecule has 0 radical (unpaired) electrons. The molecule has 0 unspecified atom stereocenters. The molecule has 1 fully saturated rings. The van der Waals surface area contributed by atoms with Crippen LogP contribution in [0.3, 0.4) is 0 Å². The van der Waals surface area contributed by atoms with Gasteiger partial charge in [-0.1, -0.05) is 12.1 Å². The molecule has 6 nitrogen and oxygen atoms in total. The lowest BCUT2D eigenvalue weighted by molar-refractivity contribution is -0.137. The first-order chi connectivity index (χ1) is 13.4. The highest BCUT2D eigenvalue weighted by Crippen LogP contribution is 2.31. The molecule has 1 atom stereocenters. The summed E-state index contributed by atoms with van der Waals surface area (Å²) in [4.78, 5) is 22.0. The lowest BCUT2D eigenvalue weighted by atomic mass is 10.2. The van der Waals surface area contributed by atoms with Crippen molar-refractivity contribution in [1.82, 2.24) is 15.3 Å². The zero-order chi connectivity index (χ0) is 19.7. The molecule has 28 heavy (non-hydrogen) atoms. The van der Waals surface area contributed by atoms with Crippen LogP contribution in [0.15, 0.2) is 47.1 Å². The van der Waals surface area contributed by atoms with Crippen molar-refractivity contribution in [1.29, 1.82) is 0 Å². The highest BCUT2D eigenvalue weighted by Gasteiger charge is 2.32. The number of rotatable bonds is 4. The van der Waals surface area contributed by atoms with Crippen LogP contribution in [0.1, 0.15) is 17.9 Å². The molecule has 0 aliphatic carbocycles. The maximum absolute atomic E-state index is 12.9. The van der Waals surface area contributed by atoms with Gasteiger partial charge in [-0.25, -0.2) is 4.98 Å². The van der Waals surface area contributed by atoms with Gasteiger partial charge in [-0.3, -0.25) is 9.78 Å². The van der Waals surface area contributed by atoms with Crippen LogP contribution < -0.4 is 10.2 Å². The van der Waals surface area contributed by atoms with Gasteiger partial charge < -0.3 is 14.6 Å². The molecular formula is C19H17F3N4O2. The molecule has 9 heteroatoms. The van der Waals surface area contributed by atoms with Gasteiger partial charge in [0, 0.05) is 25.3 Å². The molecule has 1 aromatic carbocycles. The third-order valence-corrected chi connectivity index (χ3v) is 4.62. The standard InChI is InChI=1S/C19H17F3N4O2/c20-19(21,22)12-7-14(10-23-9-12)26-6-5-13(11-26)24-17(27)8-18-25-15-3-1-2-4-16(15)28-18/h1-4,7,9-10,13H,5-6,8,11H2,(H,24,27)/t13-/m1/s1. The lowest BCUT2D eigenvalue weighted by Crippen LogP contribution is -2.38. The topological polar surface area (TPSA) is 71.3 Å². The monoisotopic (exact) mass is 390 g/mol. The van der Waals surface area contributed by atoms with Gasteiger partial charge in [0.05, 0.1) is 17.4 Å². The van der Waals surface area contributed by atoms with Gasteiger partial charge in [-0.2, -0.15) is 13.2 Å². The average Bonchev–Trinajstić information content (AvgIpc) is 3.27. The van der Waals surface area contributed by atoms with Crippen LogP contribution >= 0.6 is 0 Å². The van der Waals surface area contributed by atoms with Crippen LogP contribution in [0.25, 0.3) is 11.1 Å². The number of pyridine rings is 1. The van der Waals surface area contributed by atoms with E-state index < -0.39 is 11.7 Å². The van der Waals surface area contributed by atoms with Gasteiger partial charge in [0.25, 0.3) is 0 Å². The molecule has 4 rings (SSSR count). The van der Waals surface area contributed by atoms with E-state index in [2.05, 4.69) is 15.3 Å². The van der Waals surface area contributed by atoms with Crippen LogP contribution in [-0.2, 0) is 17.4 Å². The minimum absolute atomic E-state index is 0.0102. The molecular weight excluding hydrogens is 373 g/mol. The number of alkyl halides is 3. The number of hydrogen-bond acceptors (Lipinski definition) is 5. The lowest BCUT2D eigenvalue weighted by Gasteiger charge is -2.19. The van der Waals surface area contributed by atoms with E-state index in [4.69, 9.17) is 4.42 Å². The number of nitrogens with zero attached hydrogens (tertiary/aromatic N) is 3. The van der Waals surface area contributed by atoms with Crippen molar-refractivity contribution in [2.75, 3.05) is 18.0 Å². The SMILES string of the molecule is O=C(Cc1nc2ccccc2o1)N[C@@H]1CCN(c2cncc(C(F)(F)F)c2)C1. The maximum Gasteiger partial charge on any atom is 0.417 e. The van der Waals surface area contributed by atoms with Crippen LogP contribution in [-0.4, -0.2) is 35.0 Å². The Hall–Kier alpha value is -3.10. The summed E-state index contributed by atoms with van der Waals surface area (Å²) < 4.78 is 44.1. The molecule has 146 valence electrons. The predicted octanol–water partition coefficient (Wildman–Crippen LogP) is 3.18. The average molecular weight is 390 g/mol. The Morgan fingerprint density at radius 3 is 2.89 bits per heavy atom. The fourth-order valence-corrected chi connectivity index (χ4v) is 3.28. The van der Waals surface area contributed by atoms with Gasteiger partial charge in [0.2, 0.25) is 11.8 Å². The molecule has 0 saturated carbocycles. The summed E-state index contributed by atoms with van der Waals surface area (Å²) in [5, 5.41) is 2.89. The van der Waals surface area contributed by atoms with Gasteiger partial charge in [-0.15, -0.1) is 0 Å². The minimum atomic E-state index is -4.43. The number of carbonyl (C=O) groups is 1. The van der Waals surface area contributed by atoms with Gasteiger partial charge in [0.15, 0.2) is 5.58 Å². The second-order valence-electron chi connectivity index (χ2n) is 6.68. The molecule has 3 heterocycles. The summed E-state index contributed by atoms with van der Waals surface area (Å²) in [7, 11) is 0. The van der Waals surface area contributed by atoms with Crippen molar-refractivity contribution in [3.05, 3.63) is 54.2 Å². The number of fused-ring (bicyclic) bond motifs is 1. The van der Waals surface area contributed by atoms with Crippen LogP contribution in [0.5, 0.6) is 0 Å². The molecule has 1 aliphatic heterocycles. The zero-order valence-electron chi connectivity index (χ0n) is 14.7. The van der Waals surface area contributed by atoms with Crippen LogP contribution in [0.4, 0.5) is 18.9 Å². The maximum atomic E-state index is 12.9. The van der Waals surface area contributed by atoms with E-state index in [1.54, 1.807) is 17.0 Å². The van der Waals surface area contributed by atoms with E-state index in [-0.39, 0.29) is 18.4 Å². The first-order valence-electron chi connectivity index (χ1n) is 8.79. The number of para-hydroxylation sites is 2. The number of hydrogen-bond donors (Lipinski definition) is 1. The Balaban J connectivity index is 1.36. The Bertz CT molecular complexity index is 969. The predicted molar refractivity (Wildman–Crippen MR) is 95.7 cm³/mol. The second kappa shape index (κ2) is 7.14. The third-order valence-electron chi connectivity index (χ3n) is 4.62. The smallest absolute Gasteiger partial charge is 0.417 e. The summed E-state index contributed by atoms with van der Waals surface area (Å²) in [5.74, 6) is 0.0937. The Kier molecular flexibility index (Phi) is 4.66. The number of carbonyl (C=O) groups excluding carboxylic acids is 1. The molecule has 1 N–H and O–H groups in total. The number of halogens is 3. The number of nitrogens with one attached hydrogen (secondary N) is 1. The summed E-state index contributed by atoms with van der Waals surface area (Å²) in [6.45, 7) is 0.957. The number of anilines is 1. The molecule has 2 aromatic heterocycles. The largest absolute Gasteiger partial charge is 0.440 e. The number of amides is 1. The minimum Gasteiger partial charge on any atom is -0.440 e. The third kappa shape index (κ3) is 3.92. The molecule has 1 amide bonds. The fraction of sp³-hybridized carbons (Fsp3) is 0.316. The van der Waals surface area contributed by atoms with E-state index >= 15 is 0 Å². The van der Waals surface area contributed by atoms with Crippen molar-refractivity contribution in [2.24, 2.45) is 0 Å². The van der Waals surface area contributed by atoms with Crippen molar-refractivity contribution in [3.63, 3.8) is 0 Å². The van der Waals surface area contributed by atoms with Crippen molar-refractivity contribution >= 4 is 22.7 Å².